The number of carbonyl (C=O) groups is 1. The van der Waals surface area contributed by atoms with Gasteiger partial charge in [-0.1, -0.05) is 37.5 Å². The highest BCUT2D eigenvalue weighted by atomic mass is 32.2. The van der Waals surface area contributed by atoms with Crippen molar-refractivity contribution in [3.63, 3.8) is 0 Å². The number of anilines is 1. The molecular formula is C21H27N3O3S2. The first-order valence-electron chi connectivity index (χ1n) is 10.2. The Bertz CT molecular complexity index is 929. The molecule has 1 aliphatic carbocycles. The molecule has 1 aromatic carbocycles. The van der Waals surface area contributed by atoms with Gasteiger partial charge in [-0.15, -0.1) is 11.3 Å². The number of nitrogens with one attached hydrogen (secondary N) is 1. The van der Waals surface area contributed by atoms with Crippen LogP contribution >= 0.6 is 11.3 Å². The lowest BCUT2D eigenvalue weighted by molar-refractivity contribution is 0.0928. The molecule has 1 saturated carbocycles. The number of piperazine rings is 1. The Hall–Kier alpha value is -1.90. The van der Waals surface area contributed by atoms with Crippen LogP contribution in [-0.4, -0.2) is 50.9 Å². The van der Waals surface area contributed by atoms with E-state index in [1.807, 2.05) is 30.3 Å². The van der Waals surface area contributed by atoms with Gasteiger partial charge in [0.25, 0.3) is 5.91 Å². The number of nitrogens with zero attached hydrogens (tertiary/aromatic N) is 2. The predicted octanol–water partition coefficient (Wildman–Crippen LogP) is 3.32. The highest BCUT2D eigenvalue weighted by Gasteiger charge is 2.33. The quantitative estimate of drug-likeness (QED) is 0.785. The average Bonchev–Trinajstić information content (AvgIpc) is 3.26. The van der Waals surface area contributed by atoms with E-state index in [1.54, 1.807) is 11.4 Å². The number of benzene rings is 1. The fraction of sp³-hybridized carbons (Fsp3) is 0.476. The molecule has 1 aromatic heterocycles. The summed E-state index contributed by atoms with van der Waals surface area (Å²) in [6.07, 6.45) is 5.39. The maximum Gasteiger partial charge on any atom is 0.262 e. The summed E-state index contributed by atoms with van der Waals surface area (Å²) in [5.41, 5.74) is 1.10. The SMILES string of the molecule is O=C(NC1CCCCC1)c1sccc1S(=O)(=O)N1CCN(c2ccccc2)CC1. The molecule has 1 N–H and O–H groups in total. The lowest BCUT2D eigenvalue weighted by Crippen LogP contribution is -2.49. The van der Waals surface area contributed by atoms with Gasteiger partial charge >= 0.3 is 0 Å². The molecule has 2 heterocycles. The Balaban J connectivity index is 1.44. The van der Waals surface area contributed by atoms with Crippen molar-refractivity contribution in [3.8, 4) is 0 Å². The summed E-state index contributed by atoms with van der Waals surface area (Å²) in [6.45, 7) is 2.10. The van der Waals surface area contributed by atoms with E-state index in [9.17, 15) is 13.2 Å². The normalized spacial score (nSPS) is 19.2. The van der Waals surface area contributed by atoms with E-state index in [0.29, 0.717) is 31.1 Å². The zero-order valence-corrected chi connectivity index (χ0v) is 18.1. The summed E-state index contributed by atoms with van der Waals surface area (Å²) in [5, 5.41) is 4.74. The molecule has 2 aliphatic rings. The van der Waals surface area contributed by atoms with Gasteiger partial charge < -0.3 is 10.2 Å². The first kappa shape index (κ1) is 20.4. The number of thiophene rings is 1. The molecule has 0 radical (unpaired) electrons. The lowest BCUT2D eigenvalue weighted by Gasteiger charge is -2.35. The van der Waals surface area contributed by atoms with Crippen LogP contribution in [-0.2, 0) is 10.0 Å². The second-order valence-electron chi connectivity index (χ2n) is 7.65. The second-order valence-corrected chi connectivity index (χ2v) is 10.5. The van der Waals surface area contributed by atoms with E-state index >= 15 is 0 Å². The van der Waals surface area contributed by atoms with Crippen LogP contribution in [0, 0.1) is 0 Å². The Morgan fingerprint density at radius 1 is 0.966 bits per heavy atom. The number of carbonyl (C=O) groups excluding carboxylic acids is 1. The molecule has 0 atom stereocenters. The number of amides is 1. The number of rotatable bonds is 5. The minimum absolute atomic E-state index is 0.143. The zero-order chi connectivity index (χ0) is 20.3. The van der Waals surface area contributed by atoms with Crippen molar-refractivity contribution in [3.05, 3.63) is 46.7 Å². The van der Waals surface area contributed by atoms with Gasteiger partial charge in [0.1, 0.15) is 9.77 Å². The average molecular weight is 434 g/mol. The van der Waals surface area contributed by atoms with Gasteiger partial charge in [-0.25, -0.2) is 8.42 Å². The molecule has 2 aromatic rings. The van der Waals surface area contributed by atoms with Crippen molar-refractivity contribution in [2.24, 2.45) is 0 Å². The Kier molecular flexibility index (Phi) is 6.22. The van der Waals surface area contributed by atoms with Crippen LogP contribution in [0.25, 0.3) is 0 Å². The van der Waals surface area contributed by atoms with Gasteiger partial charge in [-0.05, 0) is 36.4 Å². The van der Waals surface area contributed by atoms with Crippen molar-refractivity contribution >= 4 is 33.0 Å². The molecule has 29 heavy (non-hydrogen) atoms. The van der Waals surface area contributed by atoms with Crippen molar-refractivity contribution in [2.45, 2.75) is 43.0 Å². The topological polar surface area (TPSA) is 69.7 Å². The molecule has 8 heteroatoms. The third kappa shape index (κ3) is 4.49. The molecule has 6 nitrogen and oxygen atoms in total. The second kappa shape index (κ2) is 8.85. The molecule has 2 fully saturated rings. The molecule has 1 aliphatic heterocycles. The molecule has 1 amide bonds. The van der Waals surface area contributed by atoms with Crippen LogP contribution in [0.4, 0.5) is 5.69 Å². The minimum atomic E-state index is -3.68. The van der Waals surface area contributed by atoms with Crippen LogP contribution in [0.15, 0.2) is 46.7 Å². The summed E-state index contributed by atoms with van der Waals surface area (Å²) in [7, 11) is -3.68. The predicted molar refractivity (Wildman–Crippen MR) is 116 cm³/mol. The van der Waals surface area contributed by atoms with Gasteiger partial charge in [-0.2, -0.15) is 4.31 Å². The van der Waals surface area contributed by atoms with Crippen LogP contribution in [0.1, 0.15) is 41.8 Å². The molecule has 0 unspecified atom stereocenters. The molecular weight excluding hydrogens is 406 g/mol. The summed E-state index contributed by atoms with van der Waals surface area (Å²) < 4.78 is 28.0. The standard InChI is InChI=1S/C21H27N3O3S2/c25-21(22-17-7-3-1-4-8-17)20-19(11-16-28-20)29(26,27)24-14-12-23(13-15-24)18-9-5-2-6-10-18/h2,5-6,9-11,16-17H,1,3-4,7-8,12-15H2,(H,22,25). The van der Waals surface area contributed by atoms with Crippen molar-refractivity contribution in [2.75, 3.05) is 31.1 Å². The largest absolute Gasteiger partial charge is 0.369 e. The van der Waals surface area contributed by atoms with E-state index in [1.165, 1.54) is 22.1 Å². The van der Waals surface area contributed by atoms with Crippen LogP contribution in [0.5, 0.6) is 0 Å². The summed E-state index contributed by atoms with van der Waals surface area (Å²) in [4.78, 5) is 15.4. The monoisotopic (exact) mass is 433 g/mol. The van der Waals surface area contributed by atoms with Gasteiger partial charge in [-0.3, -0.25) is 4.79 Å². The van der Waals surface area contributed by atoms with E-state index in [0.717, 1.165) is 31.4 Å². The highest BCUT2D eigenvalue weighted by Crippen LogP contribution is 2.28. The van der Waals surface area contributed by atoms with Gasteiger partial charge in [0.15, 0.2) is 0 Å². The summed E-state index contributed by atoms with van der Waals surface area (Å²) in [6, 6.07) is 11.7. The summed E-state index contributed by atoms with van der Waals surface area (Å²) >= 11 is 1.21. The first-order valence-corrected chi connectivity index (χ1v) is 12.6. The van der Waals surface area contributed by atoms with E-state index in [-0.39, 0.29) is 16.8 Å². The number of sulfonamides is 1. The summed E-state index contributed by atoms with van der Waals surface area (Å²) in [5.74, 6) is -0.256. The molecule has 156 valence electrons. The Labute approximate surface area is 176 Å². The highest BCUT2D eigenvalue weighted by molar-refractivity contribution is 7.89. The fourth-order valence-corrected chi connectivity index (χ4v) is 6.85. The van der Waals surface area contributed by atoms with Crippen molar-refractivity contribution < 1.29 is 13.2 Å². The lowest BCUT2D eigenvalue weighted by atomic mass is 9.95. The minimum Gasteiger partial charge on any atom is -0.369 e. The molecule has 1 saturated heterocycles. The number of hydrogen-bond donors (Lipinski definition) is 1. The van der Waals surface area contributed by atoms with E-state index < -0.39 is 10.0 Å². The zero-order valence-electron chi connectivity index (χ0n) is 16.4. The maximum atomic E-state index is 13.2. The fourth-order valence-electron chi connectivity index (χ4n) is 4.13. The number of hydrogen-bond acceptors (Lipinski definition) is 5. The van der Waals surface area contributed by atoms with E-state index in [4.69, 9.17) is 0 Å². The third-order valence-corrected chi connectivity index (χ3v) is 8.74. The van der Waals surface area contributed by atoms with E-state index in [2.05, 4.69) is 10.2 Å². The van der Waals surface area contributed by atoms with Crippen LogP contribution < -0.4 is 10.2 Å². The molecule has 0 bridgehead atoms. The molecule has 4 rings (SSSR count). The maximum absolute atomic E-state index is 13.2. The van der Waals surface area contributed by atoms with Crippen molar-refractivity contribution in [1.29, 1.82) is 0 Å². The number of para-hydroxylation sites is 1. The Morgan fingerprint density at radius 3 is 2.34 bits per heavy atom. The van der Waals surface area contributed by atoms with Gasteiger partial charge in [0.2, 0.25) is 10.0 Å². The molecule has 0 spiro atoms. The van der Waals surface area contributed by atoms with Gasteiger partial charge in [0.05, 0.1) is 0 Å². The Morgan fingerprint density at radius 2 is 1.66 bits per heavy atom. The first-order chi connectivity index (χ1) is 14.1. The van der Waals surface area contributed by atoms with Crippen LogP contribution in [0.2, 0.25) is 0 Å². The smallest absolute Gasteiger partial charge is 0.262 e. The van der Waals surface area contributed by atoms with Crippen molar-refractivity contribution in [1.82, 2.24) is 9.62 Å². The third-order valence-electron chi connectivity index (χ3n) is 5.75. The van der Waals surface area contributed by atoms with Crippen LogP contribution in [0.3, 0.4) is 0 Å². The van der Waals surface area contributed by atoms with Gasteiger partial charge in [0, 0.05) is 37.9 Å².